The van der Waals surface area contributed by atoms with Gasteiger partial charge < -0.3 is 10.6 Å². The number of carbonyl (C=O) groups is 2. The zero-order valence-corrected chi connectivity index (χ0v) is 16.1. The smallest absolute Gasteiger partial charge is 0.243 e. The van der Waals surface area contributed by atoms with E-state index in [9.17, 15) is 9.59 Å². The number of benzene rings is 2. The highest BCUT2D eigenvalue weighted by atomic mass is 79.9. The third-order valence-electron chi connectivity index (χ3n) is 3.96. The Balaban J connectivity index is 1.92. The third kappa shape index (κ3) is 5.71. The fourth-order valence-electron chi connectivity index (χ4n) is 2.64. The van der Waals surface area contributed by atoms with E-state index in [1.165, 1.54) is 0 Å². The Morgan fingerprint density at radius 1 is 1.12 bits per heavy atom. The van der Waals surface area contributed by atoms with E-state index in [0.29, 0.717) is 5.69 Å². The number of nitrogens with one attached hydrogen (secondary N) is 2. The lowest BCUT2D eigenvalue weighted by molar-refractivity contribution is -0.125. The van der Waals surface area contributed by atoms with Crippen LogP contribution in [0.4, 0.5) is 5.69 Å². The first kappa shape index (κ1) is 19.2. The van der Waals surface area contributed by atoms with Crippen molar-refractivity contribution in [3.8, 4) is 0 Å². The second-order valence-corrected chi connectivity index (χ2v) is 6.84. The van der Waals surface area contributed by atoms with Gasteiger partial charge in [-0.05, 0) is 42.7 Å². The number of anilines is 1. The van der Waals surface area contributed by atoms with E-state index < -0.39 is 0 Å². The molecule has 0 heterocycles. The lowest BCUT2D eigenvalue weighted by Crippen LogP contribution is -2.36. The molecule has 2 rings (SSSR count). The number of halogens is 1. The predicted octanol–water partition coefficient (Wildman–Crippen LogP) is 4.40. The van der Waals surface area contributed by atoms with Gasteiger partial charge in [0.15, 0.2) is 0 Å². The summed E-state index contributed by atoms with van der Waals surface area (Å²) in [6.07, 6.45) is 1.65. The minimum Gasteiger partial charge on any atom is -0.346 e. The van der Waals surface area contributed by atoms with E-state index >= 15 is 0 Å². The molecule has 2 N–H and O–H groups in total. The molecule has 0 aliphatic heterocycles. The summed E-state index contributed by atoms with van der Waals surface area (Å²) in [4.78, 5) is 24.6. The standard InChI is InChI=1S/C20H23BrN2O2/c1-3-7-17(15-8-5-4-6-9-15)20(25)22-13-19(24)23-16-10-11-18(21)14(2)12-16/h4-6,8-12,17H,3,7,13H2,1-2H3,(H,22,25)(H,23,24). The van der Waals surface area contributed by atoms with Crippen molar-refractivity contribution >= 4 is 33.4 Å². The minimum atomic E-state index is -0.238. The Morgan fingerprint density at radius 3 is 2.48 bits per heavy atom. The molecule has 0 aliphatic carbocycles. The maximum Gasteiger partial charge on any atom is 0.243 e. The van der Waals surface area contributed by atoms with E-state index in [1.807, 2.05) is 62.4 Å². The monoisotopic (exact) mass is 402 g/mol. The molecule has 0 fully saturated rings. The normalized spacial score (nSPS) is 11.6. The average molecular weight is 403 g/mol. The highest BCUT2D eigenvalue weighted by molar-refractivity contribution is 9.10. The molecule has 132 valence electrons. The molecule has 2 aromatic rings. The van der Waals surface area contributed by atoms with Crippen molar-refractivity contribution in [1.82, 2.24) is 5.32 Å². The van der Waals surface area contributed by atoms with Crippen LogP contribution >= 0.6 is 15.9 Å². The molecule has 0 aromatic heterocycles. The summed E-state index contributed by atoms with van der Waals surface area (Å²) in [5, 5.41) is 5.55. The average Bonchev–Trinajstić information content (AvgIpc) is 2.61. The first-order chi connectivity index (χ1) is 12.0. The molecular weight excluding hydrogens is 380 g/mol. The molecular formula is C20H23BrN2O2. The highest BCUT2D eigenvalue weighted by Crippen LogP contribution is 2.21. The Kier molecular flexibility index (Phi) is 7.19. The van der Waals surface area contributed by atoms with Crippen molar-refractivity contribution in [2.24, 2.45) is 0 Å². The number of carbonyl (C=O) groups excluding carboxylic acids is 2. The second-order valence-electron chi connectivity index (χ2n) is 5.98. The molecule has 0 spiro atoms. The van der Waals surface area contributed by atoms with Crippen molar-refractivity contribution in [3.63, 3.8) is 0 Å². The van der Waals surface area contributed by atoms with Crippen LogP contribution in [0, 0.1) is 6.92 Å². The van der Waals surface area contributed by atoms with Gasteiger partial charge in [0, 0.05) is 10.2 Å². The van der Waals surface area contributed by atoms with Gasteiger partial charge in [-0.2, -0.15) is 0 Å². The second kappa shape index (κ2) is 9.37. The van der Waals surface area contributed by atoms with E-state index in [-0.39, 0.29) is 24.3 Å². The van der Waals surface area contributed by atoms with Crippen LogP contribution in [0.25, 0.3) is 0 Å². The third-order valence-corrected chi connectivity index (χ3v) is 4.85. The van der Waals surface area contributed by atoms with Crippen LogP contribution in [0.2, 0.25) is 0 Å². The van der Waals surface area contributed by atoms with E-state index in [0.717, 1.165) is 28.4 Å². The number of amides is 2. The summed E-state index contributed by atoms with van der Waals surface area (Å²) < 4.78 is 0.990. The van der Waals surface area contributed by atoms with E-state index in [1.54, 1.807) is 0 Å². The van der Waals surface area contributed by atoms with Gasteiger partial charge in [0.1, 0.15) is 0 Å². The summed E-state index contributed by atoms with van der Waals surface area (Å²) in [6, 6.07) is 15.3. The van der Waals surface area contributed by atoms with Crippen LogP contribution in [-0.2, 0) is 9.59 Å². The summed E-state index contributed by atoms with van der Waals surface area (Å²) in [5.74, 6) is -0.581. The van der Waals surface area contributed by atoms with Crippen molar-refractivity contribution in [2.45, 2.75) is 32.6 Å². The molecule has 2 aromatic carbocycles. The minimum absolute atomic E-state index is 0.0407. The fraction of sp³-hybridized carbons (Fsp3) is 0.300. The van der Waals surface area contributed by atoms with Gasteiger partial charge in [-0.3, -0.25) is 9.59 Å². The first-order valence-corrected chi connectivity index (χ1v) is 9.19. The van der Waals surface area contributed by atoms with Gasteiger partial charge in [-0.25, -0.2) is 0 Å². The van der Waals surface area contributed by atoms with Crippen molar-refractivity contribution in [1.29, 1.82) is 0 Å². The summed E-state index contributed by atoms with van der Waals surface area (Å²) in [7, 11) is 0. The van der Waals surface area contributed by atoms with E-state index in [4.69, 9.17) is 0 Å². The molecule has 1 atom stereocenters. The number of aryl methyl sites for hydroxylation is 1. The molecule has 0 saturated heterocycles. The fourth-order valence-corrected chi connectivity index (χ4v) is 2.89. The topological polar surface area (TPSA) is 58.2 Å². The number of rotatable bonds is 7. The SMILES string of the molecule is CCCC(C(=O)NCC(=O)Nc1ccc(Br)c(C)c1)c1ccccc1. The van der Waals surface area contributed by atoms with E-state index in [2.05, 4.69) is 26.6 Å². The van der Waals surface area contributed by atoms with Crippen molar-refractivity contribution < 1.29 is 9.59 Å². The maximum atomic E-state index is 12.5. The molecule has 0 aliphatic rings. The van der Waals surface area contributed by atoms with Gasteiger partial charge in [0.05, 0.1) is 12.5 Å². The maximum absolute atomic E-state index is 12.5. The van der Waals surface area contributed by atoms with Crippen LogP contribution in [0.3, 0.4) is 0 Å². The molecule has 0 saturated carbocycles. The van der Waals surface area contributed by atoms with Gasteiger partial charge in [-0.15, -0.1) is 0 Å². The molecule has 1 unspecified atom stereocenters. The molecule has 0 bridgehead atoms. The molecule has 2 amide bonds. The predicted molar refractivity (Wildman–Crippen MR) is 105 cm³/mol. The Hall–Kier alpha value is -2.14. The molecule has 25 heavy (non-hydrogen) atoms. The summed E-state index contributed by atoms with van der Waals surface area (Å²) >= 11 is 3.43. The van der Waals surface area contributed by atoms with Crippen molar-refractivity contribution in [3.05, 3.63) is 64.1 Å². The molecule has 4 nitrogen and oxygen atoms in total. The number of hydrogen-bond donors (Lipinski definition) is 2. The van der Waals surface area contributed by atoms with Crippen LogP contribution in [0.5, 0.6) is 0 Å². The molecule has 5 heteroatoms. The Bertz CT molecular complexity index is 732. The lowest BCUT2D eigenvalue weighted by Gasteiger charge is -2.16. The van der Waals surface area contributed by atoms with Crippen molar-refractivity contribution in [2.75, 3.05) is 11.9 Å². The van der Waals surface area contributed by atoms with Gasteiger partial charge in [-0.1, -0.05) is 59.6 Å². The number of hydrogen-bond acceptors (Lipinski definition) is 2. The van der Waals surface area contributed by atoms with Crippen LogP contribution in [-0.4, -0.2) is 18.4 Å². The van der Waals surface area contributed by atoms with Crippen LogP contribution < -0.4 is 10.6 Å². The largest absolute Gasteiger partial charge is 0.346 e. The Morgan fingerprint density at radius 2 is 1.84 bits per heavy atom. The van der Waals surface area contributed by atoms with Crippen LogP contribution in [0.1, 0.15) is 36.8 Å². The quantitative estimate of drug-likeness (QED) is 0.720. The first-order valence-electron chi connectivity index (χ1n) is 8.40. The zero-order valence-electron chi connectivity index (χ0n) is 14.5. The van der Waals surface area contributed by atoms with Gasteiger partial charge >= 0.3 is 0 Å². The van der Waals surface area contributed by atoms with Crippen LogP contribution in [0.15, 0.2) is 53.0 Å². The van der Waals surface area contributed by atoms with Gasteiger partial charge in [0.2, 0.25) is 11.8 Å². The molecule has 0 radical (unpaired) electrons. The Labute approximate surface area is 157 Å². The zero-order chi connectivity index (χ0) is 18.2. The lowest BCUT2D eigenvalue weighted by atomic mass is 9.94. The van der Waals surface area contributed by atoms with Gasteiger partial charge in [0.25, 0.3) is 0 Å². The summed E-state index contributed by atoms with van der Waals surface area (Å²) in [6.45, 7) is 3.96. The summed E-state index contributed by atoms with van der Waals surface area (Å²) in [5.41, 5.74) is 2.73. The highest BCUT2D eigenvalue weighted by Gasteiger charge is 2.20.